The molecule has 0 fully saturated rings. The summed E-state index contributed by atoms with van der Waals surface area (Å²) in [4.78, 5) is 45.9. The standard InChI is InChI=1S/C52H93N2O12PS/c1-9-11-12-13-14-15-16-17-18-19-20-21-22-23-24-29-50(56)63-33-26-34-65-67(58,59)66-35-32-53-51(57)64-41-40-61-37-36-60-38-39-62-42-43-68-54-49(55)44-47(6)28-25-27-46(5)30-31-48(45(3)4)52(7,8)10-2/h25,27-28,30-31,44H,9-24,26,29,32-43H2,1-8H3,(H,53,57)(H,54,55)(H,58,59)/b28-25+,31-30+,46-27+,47-44+. The van der Waals surface area contributed by atoms with Gasteiger partial charge in [-0.15, -0.1) is 0 Å². The summed E-state index contributed by atoms with van der Waals surface area (Å²) < 4.78 is 51.2. The van der Waals surface area contributed by atoms with Crippen molar-refractivity contribution in [2.24, 2.45) is 5.41 Å². The van der Waals surface area contributed by atoms with Crippen molar-refractivity contribution in [2.45, 2.75) is 171 Å². The van der Waals surface area contributed by atoms with Gasteiger partial charge in [-0.1, -0.05) is 159 Å². The predicted molar refractivity (Wildman–Crippen MR) is 277 cm³/mol. The van der Waals surface area contributed by atoms with Crippen LogP contribution < -0.4 is 10.0 Å². The second kappa shape index (κ2) is 44.2. The minimum Gasteiger partial charge on any atom is -0.466 e. The van der Waals surface area contributed by atoms with Crippen LogP contribution in [0.3, 0.4) is 0 Å². The Bertz CT molecular complexity index is 1530. The number of alkyl carbamates (subject to hydrolysis) is 1. The minimum absolute atomic E-state index is 0.00638. The molecule has 3 N–H and O–H groups in total. The van der Waals surface area contributed by atoms with Crippen molar-refractivity contribution in [3.8, 4) is 0 Å². The fourth-order valence-electron chi connectivity index (χ4n) is 6.66. The molecule has 68 heavy (non-hydrogen) atoms. The highest BCUT2D eigenvalue weighted by molar-refractivity contribution is 7.97. The van der Waals surface area contributed by atoms with Crippen molar-refractivity contribution < 1.29 is 56.6 Å². The molecule has 0 aliphatic rings. The Morgan fingerprint density at radius 3 is 1.74 bits per heavy atom. The molecule has 14 nitrogen and oxygen atoms in total. The first-order chi connectivity index (χ1) is 32.6. The van der Waals surface area contributed by atoms with E-state index in [0.717, 1.165) is 36.8 Å². The van der Waals surface area contributed by atoms with Crippen LogP contribution in [0.15, 0.2) is 58.7 Å². The molecule has 2 amide bonds. The summed E-state index contributed by atoms with van der Waals surface area (Å²) in [7, 11) is -4.33. The van der Waals surface area contributed by atoms with Crippen LogP contribution in [0.25, 0.3) is 0 Å². The zero-order valence-corrected chi connectivity index (χ0v) is 45.2. The Labute approximate surface area is 416 Å². The average molecular weight is 1000 g/mol. The summed E-state index contributed by atoms with van der Waals surface area (Å²) in [6.07, 6.45) is 31.7. The number of unbranched alkanes of at least 4 members (excludes halogenated alkanes) is 14. The molecule has 1 atom stereocenters. The lowest BCUT2D eigenvalue weighted by Gasteiger charge is -2.26. The molecule has 0 aliphatic heterocycles. The molecular formula is C52H93N2O12PS. The molecule has 0 radical (unpaired) electrons. The topological polar surface area (TPSA) is 177 Å². The van der Waals surface area contributed by atoms with Crippen LogP contribution in [0, 0.1) is 5.41 Å². The Balaban J connectivity index is 3.72. The smallest absolute Gasteiger partial charge is 0.466 e. The number of nitrogens with one attached hydrogen (secondary N) is 2. The van der Waals surface area contributed by atoms with Gasteiger partial charge in [-0.3, -0.25) is 23.4 Å². The molecular weight excluding hydrogens is 908 g/mol. The maximum absolute atomic E-state index is 12.2. The van der Waals surface area contributed by atoms with E-state index in [9.17, 15) is 23.8 Å². The minimum atomic E-state index is -4.33. The van der Waals surface area contributed by atoms with Crippen molar-refractivity contribution in [1.82, 2.24) is 10.0 Å². The van der Waals surface area contributed by atoms with Crippen LogP contribution in [0.1, 0.15) is 171 Å². The van der Waals surface area contributed by atoms with Gasteiger partial charge < -0.3 is 33.9 Å². The van der Waals surface area contributed by atoms with E-state index in [1.54, 1.807) is 6.08 Å². The predicted octanol–water partition coefficient (Wildman–Crippen LogP) is 12.6. The Morgan fingerprint density at radius 1 is 0.618 bits per heavy atom. The van der Waals surface area contributed by atoms with Gasteiger partial charge >= 0.3 is 19.9 Å². The van der Waals surface area contributed by atoms with E-state index < -0.39 is 13.9 Å². The maximum atomic E-state index is 12.2. The fraction of sp³-hybridized carbons (Fsp3) is 0.750. The van der Waals surface area contributed by atoms with Gasteiger partial charge in [0, 0.05) is 31.2 Å². The first-order valence-electron chi connectivity index (χ1n) is 25.4. The monoisotopic (exact) mass is 1000 g/mol. The Hall–Kier alpha value is -2.75. The molecule has 16 heteroatoms. The molecule has 1 unspecified atom stereocenters. The number of phosphoric ester groups is 1. The summed E-state index contributed by atoms with van der Waals surface area (Å²) in [6.45, 7) is 18.9. The number of hydrogen-bond donors (Lipinski definition) is 3. The number of amides is 2. The van der Waals surface area contributed by atoms with Crippen LogP contribution in [0.4, 0.5) is 4.79 Å². The van der Waals surface area contributed by atoms with Gasteiger partial charge in [-0.2, -0.15) is 0 Å². The summed E-state index contributed by atoms with van der Waals surface area (Å²) in [5.74, 6) is 0.133. The maximum Gasteiger partial charge on any atom is 0.472 e. The fourth-order valence-corrected chi connectivity index (χ4v) is 7.92. The van der Waals surface area contributed by atoms with Crippen LogP contribution in [-0.4, -0.2) is 101 Å². The molecule has 0 aromatic carbocycles. The van der Waals surface area contributed by atoms with Crippen molar-refractivity contribution in [1.29, 1.82) is 0 Å². The van der Waals surface area contributed by atoms with Crippen LogP contribution >= 0.6 is 19.8 Å². The van der Waals surface area contributed by atoms with Gasteiger partial charge in [0.25, 0.3) is 5.91 Å². The van der Waals surface area contributed by atoms with Gasteiger partial charge in [0.1, 0.15) is 6.61 Å². The van der Waals surface area contributed by atoms with E-state index >= 15 is 0 Å². The highest BCUT2D eigenvalue weighted by Crippen LogP contribution is 2.42. The van der Waals surface area contributed by atoms with Crippen molar-refractivity contribution in [3.63, 3.8) is 0 Å². The lowest BCUT2D eigenvalue weighted by atomic mass is 9.79. The zero-order chi connectivity index (χ0) is 50.6. The summed E-state index contributed by atoms with van der Waals surface area (Å²) in [6, 6.07) is 0. The number of carbonyl (C=O) groups is 3. The normalized spacial score (nSPS) is 13.2. The second-order valence-corrected chi connectivity index (χ2v) is 20.1. The average Bonchev–Trinajstić information content (AvgIpc) is 3.28. The van der Waals surface area contributed by atoms with Gasteiger partial charge in [0.05, 0.1) is 59.5 Å². The van der Waals surface area contributed by atoms with E-state index in [0.29, 0.717) is 45.2 Å². The molecule has 0 rings (SSSR count). The van der Waals surface area contributed by atoms with Crippen molar-refractivity contribution >= 4 is 37.7 Å². The number of phosphoric acid groups is 1. The quantitative estimate of drug-likeness (QED) is 0.0131. The van der Waals surface area contributed by atoms with Gasteiger partial charge in [0.2, 0.25) is 0 Å². The summed E-state index contributed by atoms with van der Waals surface area (Å²) >= 11 is 1.28. The van der Waals surface area contributed by atoms with Crippen LogP contribution in [-0.2, 0) is 46.9 Å². The highest BCUT2D eigenvalue weighted by Gasteiger charge is 2.21. The van der Waals surface area contributed by atoms with Gasteiger partial charge in [-0.25, -0.2) is 9.36 Å². The van der Waals surface area contributed by atoms with E-state index in [1.165, 1.54) is 100 Å². The molecule has 0 saturated carbocycles. The molecule has 0 aromatic heterocycles. The largest absolute Gasteiger partial charge is 0.472 e. The summed E-state index contributed by atoms with van der Waals surface area (Å²) in [5, 5.41) is 2.41. The first-order valence-corrected chi connectivity index (χ1v) is 27.8. The molecule has 0 spiro atoms. The third-order valence-electron chi connectivity index (χ3n) is 10.9. The number of ether oxygens (including phenoxy) is 5. The van der Waals surface area contributed by atoms with Crippen LogP contribution in [0.2, 0.25) is 0 Å². The molecule has 0 aliphatic carbocycles. The molecule has 0 saturated heterocycles. The van der Waals surface area contributed by atoms with E-state index in [1.807, 2.05) is 25.2 Å². The highest BCUT2D eigenvalue weighted by atomic mass is 32.2. The lowest BCUT2D eigenvalue weighted by Crippen LogP contribution is -2.29. The van der Waals surface area contributed by atoms with Gasteiger partial charge in [0.15, 0.2) is 0 Å². The molecule has 394 valence electrons. The third kappa shape index (κ3) is 42.2. The number of carbonyl (C=O) groups excluding carboxylic acids is 3. The number of esters is 1. The lowest BCUT2D eigenvalue weighted by molar-refractivity contribution is -0.144. The van der Waals surface area contributed by atoms with E-state index in [-0.39, 0.29) is 63.3 Å². The zero-order valence-electron chi connectivity index (χ0n) is 43.5. The Kier molecular flexibility index (Phi) is 42.4. The SMILES string of the molecule is CCCCCCCCCCCCCCCCCC(=O)OCCCOP(=O)(O)OCCNC(=O)OCCOCCOCCOCCSNC(=O)/C=C(C)/C=C/C=C(C)/C=C/C(=C(C)C)C(C)(C)CC. The number of allylic oxidation sites excluding steroid dienone is 9. The van der Waals surface area contributed by atoms with Crippen molar-refractivity contribution in [3.05, 3.63) is 58.7 Å². The van der Waals surface area contributed by atoms with Crippen molar-refractivity contribution in [2.75, 3.05) is 78.4 Å². The van der Waals surface area contributed by atoms with E-state index in [4.69, 9.17) is 32.7 Å². The third-order valence-corrected chi connectivity index (χ3v) is 12.6. The summed E-state index contributed by atoms with van der Waals surface area (Å²) in [5.41, 5.74) is 4.78. The van der Waals surface area contributed by atoms with E-state index in [2.05, 4.69) is 70.7 Å². The molecule has 0 heterocycles. The number of hydrogen-bond acceptors (Lipinski definition) is 12. The second-order valence-electron chi connectivity index (χ2n) is 17.8. The Morgan fingerprint density at radius 2 is 1.16 bits per heavy atom. The molecule has 0 aromatic rings. The molecule has 0 bridgehead atoms. The number of rotatable bonds is 45. The first kappa shape index (κ1) is 65.2. The van der Waals surface area contributed by atoms with Crippen LogP contribution in [0.5, 0.6) is 0 Å². The van der Waals surface area contributed by atoms with Gasteiger partial charge in [-0.05, 0) is 69.0 Å².